The molecule has 2 rings (SSSR count). The maximum atomic E-state index is 12.1. The summed E-state index contributed by atoms with van der Waals surface area (Å²) in [6.45, 7) is 2.54. The summed E-state index contributed by atoms with van der Waals surface area (Å²) < 4.78 is 26.8. The number of nitrogens with one attached hydrogen (secondary N) is 1. The maximum absolute atomic E-state index is 12.1. The van der Waals surface area contributed by atoms with Crippen molar-refractivity contribution in [1.82, 2.24) is 9.71 Å². The molecule has 18 heavy (non-hydrogen) atoms. The van der Waals surface area contributed by atoms with Gasteiger partial charge >= 0.3 is 0 Å². The quantitative estimate of drug-likeness (QED) is 0.870. The molecule has 7 heteroatoms. The first kappa shape index (κ1) is 13.6. The molecule has 0 amide bonds. The number of nitrogen functional groups attached to an aromatic ring is 1. The zero-order chi connectivity index (χ0) is 13.2. The Hall–Kier alpha value is -0.790. The van der Waals surface area contributed by atoms with E-state index in [-0.39, 0.29) is 15.5 Å². The van der Waals surface area contributed by atoms with E-state index in [2.05, 4.69) is 16.6 Å². The van der Waals surface area contributed by atoms with E-state index in [4.69, 9.17) is 5.73 Å². The number of thioether (sulfide) groups is 1. The third kappa shape index (κ3) is 3.15. The van der Waals surface area contributed by atoms with Gasteiger partial charge in [0.2, 0.25) is 10.0 Å². The summed E-state index contributed by atoms with van der Waals surface area (Å²) in [6.07, 6.45) is 3.58. The number of rotatable bonds is 4. The molecule has 1 saturated heterocycles. The topological polar surface area (TPSA) is 85.1 Å². The number of sulfonamides is 1. The monoisotopic (exact) mass is 287 g/mol. The van der Waals surface area contributed by atoms with Crippen LogP contribution >= 0.6 is 11.8 Å². The molecule has 5 nitrogen and oxygen atoms in total. The fourth-order valence-corrected chi connectivity index (χ4v) is 4.43. The molecule has 0 radical (unpaired) electrons. The Morgan fingerprint density at radius 2 is 2.39 bits per heavy atom. The minimum Gasteiger partial charge on any atom is -0.384 e. The van der Waals surface area contributed by atoms with Crippen LogP contribution in [0.2, 0.25) is 0 Å². The molecule has 0 aliphatic carbocycles. The van der Waals surface area contributed by atoms with Crippen molar-refractivity contribution in [1.29, 1.82) is 0 Å². The van der Waals surface area contributed by atoms with E-state index in [1.165, 1.54) is 18.3 Å². The molecule has 1 unspecified atom stereocenters. The summed E-state index contributed by atoms with van der Waals surface area (Å²) in [5, 5.41) is 0. The van der Waals surface area contributed by atoms with Gasteiger partial charge in [0, 0.05) is 23.6 Å². The van der Waals surface area contributed by atoms with Crippen molar-refractivity contribution in [2.45, 2.75) is 29.4 Å². The van der Waals surface area contributed by atoms with Gasteiger partial charge in [0.1, 0.15) is 5.82 Å². The molecular formula is C11H17N3O2S2. The van der Waals surface area contributed by atoms with Crippen LogP contribution in [0.1, 0.15) is 19.8 Å². The number of nitrogens with zero attached hydrogens (tertiary/aromatic N) is 1. The van der Waals surface area contributed by atoms with Gasteiger partial charge in [-0.05, 0) is 31.6 Å². The van der Waals surface area contributed by atoms with E-state index in [0.29, 0.717) is 6.54 Å². The van der Waals surface area contributed by atoms with Crippen LogP contribution in [0.4, 0.5) is 5.82 Å². The molecular weight excluding hydrogens is 270 g/mol. The standard InChI is InChI=1S/C11H17N3O2S2/c1-11(4-2-6-17-11)8-14-18(15,16)9-3-5-13-10(12)7-9/h3,5,7,14H,2,4,6,8H2,1H3,(H2,12,13). The van der Waals surface area contributed by atoms with Crippen molar-refractivity contribution in [3.05, 3.63) is 18.3 Å². The average Bonchev–Trinajstić information content (AvgIpc) is 2.75. The summed E-state index contributed by atoms with van der Waals surface area (Å²) in [4.78, 5) is 3.95. The van der Waals surface area contributed by atoms with Crippen LogP contribution in [0.15, 0.2) is 23.2 Å². The van der Waals surface area contributed by atoms with Crippen molar-refractivity contribution in [2.24, 2.45) is 0 Å². The lowest BCUT2D eigenvalue weighted by atomic mass is 10.1. The summed E-state index contributed by atoms with van der Waals surface area (Å²) in [6, 6.07) is 2.81. The molecule has 1 aromatic heterocycles. The molecule has 100 valence electrons. The van der Waals surface area contributed by atoms with Crippen LogP contribution in [-0.4, -0.2) is 30.4 Å². The Balaban J connectivity index is 2.08. The Bertz CT molecular complexity index is 525. The SMILES string of the molecule is CC1(CNS(=O)(=O)c2ccnc(N)c2)CCCS1. The highest BCUT2D eigenvalue weighted by Gasteiger charge is 2.31. The van der Waals surface area contributed by atoms with Gasteiger partial charge in [0.05, 0.1) is 4.90 Å². The molecule has 1 aliphatic rings. The van der Waals surface area contributed by atoms with E-state index in [1.54, 1.807) is 0 Å². The van der Waals surface area contributed by atoms with Crippen LogP contribution < -0.4 is 10.5 Å². The van der Waals surface area contributed by atoms with Gasteiger partial charge in [-0.3, -0.25) is 0 Å². The normalized spacial score (nSPS) is 24.3. The second kappa shape index (κ2) is 5.07. The van der Waals surface area contributed by atoms with E-state index in [1.807, 2.05) is 11.8 Å². The predicted molar refractivity (Wildman–Crippen MR) is 73.9 cm³/mol. The summed E-state index contributed by atoms with van der Waals surface area (Å²) in [5.41, 5.74) is 5.49. The minimum atomic E-state index is -3.49. The second-order valence-corrected chi connectivity index (χ2v) is 8.09. The maximum Gasteiger partial charge on any atom is 0.240 e. The lowest BCUT2D eigenvalue weighted by molar-refractivity contribution is 0.552. The lowest BCUT2D eigenvalue weighted by Gasteiger charge is -2.22. The molecule has 0 aromatic carbocycles. The van der Waals surface area contributed by atoms with Gasteiger partial charge in [-0.25, -0.2) is 18.1 Å². The fraction of sp³-hybridized carbons (Fsp3) is 0.545. The molecule has 3 N–H and O–H groups in total. The first-order chi connectivity index (χ1) is 8.41. The minimum absolute atomic E-state index is 0.00560. The van der Waals surface area contributed by atoms with Crippen molar-refractivity contribution in [3.8, 4) is 0 Å². The highest BCUT2D eigenvalue weighted by Crippen LogP contribution is 2.37. The number of anilines is 1. The predicted octanol–water partition coefficient (Wildman–Crippen LogP) is 1.23. The third-order valence-electron chi connectivity index (χ3n) is 3.00. The Labute approximate surface area is 112 Å². The van der Waals surface area contributed by atoms with E-state index < -0.39 is 10.0 Å². The second-order valence-electron chi connectivity index (χ2n) is 4.64. The Kier molecular flexibility index (Phi) is 3.84. The van der Waals surface area contributed by atoms with Gasteiger partial charge in [-0.15, -0.1) is 0 Å². The van der Waals surface area contributed by atoms with Crippen LogP contribution in [0.5, 0.6) is 0 Å². The molecule has 0 spiro atoms. The lowest BCUT2D eigenvalue weighted by Crippen LogP contribution is -2.36. The van der Waals surface area contributed by atoms with Gasteiger partial charge in [0.15, 0.2) is 0 Å². The summed E-state index contributed by atoms with van der Waals surface area (Å²) in [7, 11) is -3.49. The van der Waals surface area contributed by atoms with E-state index in [0.717, 1.165) is 18.6 Å². The van der Waals surface area contributed by atoms with Gasteiger partial charge in [-0.2, -0.15) is 11.8 Å². The molecule has 0 saturated carbocycles. The van der Waals surface area contributed by atoms with E-state index >= 15 is 0 Å². The highest BCUT2D eigenvalue weighted by molar-refractivity contribution is 8.01. The first-order valence-corrected chi connectivity index (χ1v) is 8.23. The number of hydrogen-bond donors (Lipinski definition) is 2. The molecule has 0 bridgehead atoms. The van der Waals surface area contributed by atoms with Crippen molar-refractivity contribution in [2.75, 3.05) is 18.0 Å². The van der Waals surface area contributed by atoms with Crippen LogP contribution in [0.3, 0.4) is 0 Å². The van der Waals surface area contributed by atoms with E-state index in [9.17, 15) is 8.42 Å². The summed E-state index contributed by atoms with van der Waals surface area (Å²) in [5.74, 6) is 1.31. The summed E-state index contributed by atoms with van der Waals surface area (Å²) >= 11 is 1.82. The molecule has 1 atom stereocenters. The number of nitrogens with two attached hydrogens (primary N) is 1. The first-order valence-electron chi connectivity index (χ1n) is 5.76. The van der Waals surface area contributed by atoms with Gasteiger partial charge in [-0.1, -0.05) is 0 Å². The fourth-order valence-electron chi connectivity index (χ4n) is 1.90. The van der Waals surface area contributed by atoms with Crippen LogP contribution in [0, 0.1) is 0 Å². The Morgan fingerprint density at radius 3 is 3.00 bits per heavy atom. The highest BCUT2D eigenvalue weighted by atomic mass is 32.2. The molecule has 1 aliphatic heterocycles. The number of pyridine rings is 1. The number of hydrogen-bond acceptors (Lipinski definition) is 5. The van der Waals surface area contributed by atoms with Gasteiger partial charge in [0.25, 0.3) is 0 Å². The zero-order valence-electron chi connectivity index (χ0n) is 10.2. The van der Waals surface area contributed by atoms with Crippen LogP contribution in [-0.2, 0) is 10.0 Å². The average molecular weight is 287 g/mol. The Morgan fingerprint density at radius 1 is 1.61 bits per heavy atom. The molecule has 1 aromatic rings. The van der Waals surface area contributed by atoms with Crippen molar-refractivity contribution in [3.63, 3.8) is 0 Å². The zero-order valence-corrected chi connectivity index (χ0v) is 11.9. The number of aromatic nitrogens is 1. The van der Waals surface area contributed by atoms with Crippen molar-refractivity contribution < 1.29 is 8.42 Å². The van der Waals surface area contributed by atoms with Crippen molar-refractivity contribution >= 4 is 27.6 Å². The molecule has 1 fully saturated rings. The largest absolute Gasteiger partial charge is 0.384 e. The third-order valence-corrected chi connectivity index (χ3v) is 5.94. The van der Waals surface area contributed by atoms with Crippen LogP contribution in [0.25, 0.3) is 0 Å². The van der Waals surface area contributed by atoms with Gasteiger partial charge < -0.3 is 5.73 Å². The molecule has 2 heterocycles. The smallest absolute Gasteiger partial charge is 0.240 e.